The van der Waals surface area contributed by atoms with Gasteiger partial charge in [-0.05, 0) is 93.6 Å². The van der Waals surface area contributed by atoms with Gasteiger partial charge in [-0.15, -0.1) is 0 Å². The van der Waals surface area contributed by atoms with Crippen LogP contribution in [-0.4, -0.2) is 11.6 Å². The van der Waals surface area contributed by atoms with E-state index in [4.69, 9.17) is 9.47 Å². The third-order valence-electron chi connectivity index (χ3n) is 4.74. The molecule has 4 heteroatoms. The van der Waals surface area contributed by atoms with Crippen LogP contribution in [0.2, 0.25) is 0 Å². The first-order valence-electron chi connectivity index (χ1n) is 10.8. The Morgan fingerprint density at radius 1 is 0.606 bits per heavy atom. The summed E-state index contributed by atoms with van der Waals surface area (Å²) in [5.74, 6) is 0.838. The zero-order valence-corrected chi connectivity index (χ0v) is 19.8. The number of ether oxygens (including phenoxy) is 2. The first kappa shape index (κ1) is 22.7. The van der Waals surface area contributed by atoms with Crippen molar-refractivity contribution in [1.29, 1.82) is 0 Å². The van der Waals surface area contributed by atoms with Crippen LogP contribution in [0.25, 0.3) is 0 Å². The van der Waals surface area contributed by atoms with Crippen molar-refractivity contribution < 1.29 is 14.3 Å². The molecule has 0 aliphatic carbocycles. The minimum absolute atomic E-state index is 0.251. The van der Waals surface area contributed by atoms with Crippen LogP contribution in [0.4, 0.5) is 0 Å². The summed E-state index contributed by atoms with van der Waals surface area (Å²) in [6.07, 6.45) is 0. The van der Waals surface area contributed by atoms with Gasteiger partial charge in [-0.1, -0.05) is 36.4 Å². The van der Waals surface area contributed by atoms with E-state index in [1.165, 1.54) is 9.79 Å². The second kappa shape index (κ2) is 9.97. The fourth-order valence-electron chi connectivity index (χ4n) is 3.34. The summed E-state index contributed by atoms with van der Waals surface area (Å²) < 4.78 is 11.4. The molecule has 0 aliphatic heterocycles. The molecule has 0 aromatic heterocycles. The fourth-order valence-corrected chi connectivity index (χ4v) is 5.43. The lowest BCUT2D eigenvalue weighted by Gasteiger charge is -2.21. The Balaban J connectivity index is 1.51. The van der Waals surface area contributed by atoms with Gasteiger partial charge >= 0.3 is 5.97 Å². The van der Waals surface area contributed by atoms with Crippen molar-refractivity contribution in [3.05, 3.63) is 115 Å². The monoisotopic (exact) mass is 455 g/mol. The number of rotatable bonds is 6. The Bertz CT molecular complexity index is 1140. The molecule has 0 saturated heterocycles. The van der Waals surface area contributed by atoms with Gasteiger partial charge in [0.1, 0.15) is 17.1 Å². The molecule has 0 bridgehead atoms. The predicted octanol–water partition coefficient (Wildman–Crippen LogP) is 7.18. The maximum Gasteiger partial charge on any atom is 0.343 e. The highest BCUT2D eigenvalue weighted by Crippen LogP contribution is 2.31. The molecular weight excluding hydrogens is 428 g/mol. The average Bonchev–Trinajstić information content (AvgIpc) is 2.81. The Labute approximate surface area is 198 Å². The highest BCUT2D eigenvalue weighted by atomic mass is 32.2. The lowest BCUT2D eigenvalue weighted by atomic mass is 10.2. The largest absolute Gasteiger partial charge is 0.488 e. The first-order chi connectivity index (χ1) is 15.9. The van der Waals surface area contributed by atoms with Gasteiger partial charge in [0.2, 0.25) is 0 Å². The van der Waals surface area contributed by atoms with Crippen molar-refractivity contribution in [2.75, 3.05) is 0 Å². The molecule has 0 spiro atoms. The smallest absolute Gasteiger partial charge is 0.343 e. The van der Waals surface area contributed by atoms with E-state index in [0.29, 0.717) is 11.3 Å². The molecule has 0 N–H and O–H groups in total. The number of esters is 1. The molecule has 33 heavy (non-hydrogen) atoms. The predicted molar refractivity (Wildman–Crippen MR) is 133 cm³/mol. The van der Waals surface area contributed by atoms with Crippen LogP contribution in [-0.2, 0) is 10.9 Å². The molecule has 0 atom stereocenters. The first-order valence-corrected chi connectivity index (χ1v) is 12.1. The molecule has 0 saturated carbocycles. The molecule has 0 aliphatic rings. The second-order valence-electron chi connectivity index (χ2n) is 8.53. The van der Waals surface area contributed by atoms with Crippen molar-refractivity contribution in [2.45, 2.75) is 41.1 Å². The third-order valence-corrected chi connectivity index (χ3v) is 6.97. The fraction of sp³-hybridized carbons (Fsp3) is 0.138. The van der Waals surface area contributed by atoms with Gasteiger partial charge in [-0.2, -0.15) is 0 Å². The van der Waals surface area contributed by atoms with E-state index in [2.05, 4.69) is 48.5 Å². The summed E-state index contributed by atoms with van der Waals surface area (Å²) >= 11 is 0. The van der Waals surface area contributed by atoms with Crippen molar-refractivity contribution in [3.63, 3.8) is 0 Å². The molecular formula is C29H27O3S+. The maximum absolute atomic E-state index is 12.7. The summed E-state index contributed by atoms with van der Waals surface area (Å²) in [5, 5.41) is 0. The quantitative estimate of drug-likeness (QED) is 0.175. The van der Waals surface area contributed by atoms with Crippen molar-refractivity contribution in [3.8, 4) is 11.5 Å². The minimum Gasteiger partial charge on any atom is -0.488 e. The van der Waals surface area contributed by atoms with Crippen molar-refractivity contribution in [2.24, 2.45) is 0 Å². The van der Waals surface area contributed by atoms with Gasteiger partial charge in [-0.3, -0.25) is 0 Å². The van der Waals surface area contributed by atoms with Crippen LogP contribution >= 0.6 is 0 Å². The number of hydrogen-bond acceptors (Lipinski definition) is 3. The van der Waals surface area contributed by atoms with E-state index in [1.54, 1.807) is 12.1 Å². The zero-order valence-electron chi connectivity index (χ0n) is 19.0. The lowest BCUT2D eigenvalue weighted by molar-refractivity contribution is 0.0733. The average molecular weight is 456 g/mol. The van der Waals surface area contributed by atoms with Gasteiger partial charge in [0.25, 0.3) is 0 Å². The summed E-state index contributed by atoms with van der Waals surface area (Å²) in [7, 11) is -0.251. The van der Waals surface area contributed by atoms with Crippen molar-refractivity contribution >= 4 is 16.9 Å². The van der Waals surface area contributed by atoms with E-state index < -0.39 is 0 Å². The van der Waals surface area contributed by atoms with Crippen LogP contribution < -0.4 is 9.47 Å². The Hall–Kier alpha value is -3.50. The number of benzene rings is 4. The number of hydrogen-bond donors (Lipinski definition) is 0. The van der Waals surface area contributed by atoms with E-state index >= 15 is 0 Å². The van der Waals surface area contributed by atoms with Gasteiger partial charge in [-0.25, -0.2) is 4.79 Å². The molecule has 4 aromatic carbocycles. The Kier molecular flexibility index (Phi) is 6.85. The lowest BCUT2D eigenvalue weighted by Crippen LogP contribution is -2.22. The summed E-state index contributed by atoms with van der Waals surface area (Å²) in [6.45, 7) is 5.97. The topological polar surface area (TPSA) is 35.5 Å². The van der Waals surface area contributed by atoms with Crippen molar-refractivity contribution in [1.82, 2.24) is 0 Å². The molecule has 166 valence electrons. The van der Waals surface area contributed by atoms with Gasteiger partial charge in [0.05, 0.1) is 16.5 Å². The van der Waals surface area contributed by atoms with E-state index in [9.17, 15) is 4.79 Å². The standard InChI is InChI=1S/C29H27O3S/c1-29(2,3)32-24-18-16-23(17-19-24)31-28(30)22-14-20-27(21-15-22)33(25-10-6-4-7-11-25)26-12-8-5-9-13-26/h4-21H,1-3H3/q+1. The molecule has 4 aromatic rings. The number of carbonyl (C=O) groups excluding carboxylic acids is 1. The van der Waals surface area contributed by atoms with Gasteiger partial charge in [0.15, 0.2) is 14.7 Å². The molecule has 0 radical (unpaired) electrons. The highest BCUT2D eigenvalue weighted by molar-refractivity contribution is 7.97. The van der Waals surface area contributed by atoms with Crippen LogP contribution in [0.3, 0.4) is 0 Å². The molecule has 0 unspecified atom stereocenters. The molecule has 0 amide bonds. The minimum atomic E-state index is -0.384. The van der Waals surface area contributed by atoms with E-state index in [-0.39, 0.29) is 22.5 Å². The molecule has 0 heterocycles. The molecule has 3 nitrogen and oxygen atoms in total. The summed E-state index contributed by atoms with van der Waals surface area (Å²) in [4.78, 5) is 16.3. The van der Waals surface area contributed by atoms with Crippen LogP contribution in [0.5, 0.6) is 11.5 Å². The number of carbonyl (C=O) groups is 1. The SMILES string of the molecule is CC(C)(C)Oc1ccc(OC(=O)c2ccc([S+](c3ccccc3)c3ccccc3)cc2)cc1. The second-order valence-corrected chi connectivity index (χ2v) is 10.6. The zero-order chi connectivity index (χ0) is 23.3. The highest BCUT2D eigenvalue weighted by Gasteiger charge is 2.28. The Morgan fingerprint density at radius 3 is 1.55 bits per heavy atom. The van der Waals surface area contributed by atoms with Crippen LogP contribution in [0, 0.1) is 0 Å². The maximum atomic E-state index is 12.7. The van der Waals surface area contributed by atoms with E-state index in [0.717, 1.165) is 10.6 Å². The van der Waals surface area contributed by atoms with E-state index in [1.807, 2.05) is 69.3 Å². The van der Waals surface area contributed by atoms with Gasteiger partial charge < -0.3 is 9.47 Å². The summed E-state index contributed by atoms with van der Waals surface area (Å²) in [5.41, 5.74) is 0.233. The van der Waals surface area contributed by atoms with Gasteiger partial charge in [0, 0.05) is 0 Å². The normalized spacial score (nSPS) is 11.3. The third kappa shape index (κ3) is 6.05. The molecule has 0 fully saturated rings. The Morgan fingerprint density at radius 2 is 1.06 bits per heavy atom. The summed E-state index contributed by atoms with van der Waals surface area (Å²) in [6, 6.07) is 35.7. The van der Waals surface area contributed by atoms with Crippen LogP contribution in [0.1, 0.15) is 31.1 Å². The van der Waals surface area contributed by atoms with Crippen LogP contribution in [0.15, 0.2) is 124 Å². The molecule has 4 rings (SSSR count).